The van der Waals surface area contributed by atoms with E-state index in [0.29, 0.717) is 29.3 Å². The number of benzene rings is 1. The maximum atomic E-state index is 13.2. The molecule has 1 aromatic carbocycles. The monoisotopic (exact) mass is 430 g/mol. The van der Waals surface area contributed by atoms with Gasteiger partial charge >= 0.3 is 0 Å². The first kappa shape index (κ1) is 21.7. The van der Waals surface area contributed by atoms with E-state index in [1.54, 1.807) is 11.7 Å². The Balaban J connectivity index is 2.00. The second kappa shape index (κ2) is 8.81. The summed E-state index contributed by atoms with van der Waals surface area (Å²) in [7, 11) is 1.61. The van der Waals surface area contributed by atoms with Crippen LogP contribution in [0.1, 0.15) is 38.8 Å². The number of nitrogens with zero attached hydrogens (tertiary/aromatic N) is 2. The number of thioether (sulfide) groups is 1. The van der Waals surface area contributed by atoms with Gasteiger partial charge in [-0.2, -0.15) is 0 Å². The molecule has 0 radical (unpaired) electrons. The second-order valence-electron chi connectivity index (χ2n) is 7.23. The van der Waals surface area contributed by atoms with E-state index >= 15 is 0 Å². The number of ether oxygens (including phenoxy) is 1. The zero-order valence-corrected chi connectivity index (χ0v) is 19.3. The molecule has 5 nitrogen and oxygen atoms in total. The molecule has 0 unspecified atom stereocenters. The zero-order chi connectivity index (χ0) is 21.3. The summed E-state index contributed by atoms with van der Waals surface area (Å²) in [5, 5.41) is 0.865. The minimum atomic E-state index is -0.364. The van der Waals surface area contributed by atoms with Gasteiger partial charge < -0.3 is 4.74 Å². The Morgan fingerprint density at radius 2 is 1.97 bits per heavy atom. The van der Waals surface area contributed by atoms with E-state index in [1.165, 1.54) is 23.1 Å². The smallest absolute Gasteiger partial charge is 0.263 e. The fraction of sp³-hybridized carbons (Fsp3) is 0.409. The van der Waals surface area contributed by atoms with Gasteiger partial charge in [-0.1, -0.05) is 23.9 Å². The number of rotatable bonds is 7. The molecule has 154 valence electrons. The Morgan fingerprint density at radius 3 is 2.62 bits per heavy atom. The van der Waals surface area contributed by atoms with Crippen molar-refractivity contribution >= 4 is 39.1 Å². The minimum Gasteiger partial charge on any atom is -0.383 e. The van der Waals surface area contributed by atoms with E-state index in [2.05, 4.69) is 0 Å². The van der Waals surface area contributed by atoms with Crippen molar-refractivity contribution < 1.29 is 9.53 Å². The average Bonchev–Trinajstić information content (AvgIpc) is 2.97. The van der Waals surface area contributed by atoms with Gasteiger partial charge in [-0.05, 0) is 57.4 Å². The molecule has 0 saturated heterocycles. The van der Waals surface area contributed by atoms with E-state index in [1.807, 2.05) is 52.8 Å². The second-order valence-corrected chi connectivity index (χ2v) is 9.74. The van der Waals surface area contributed by atoms with E-state index in [0.717, 1.165) is 26.4 Å². The summed E-state index contributed by atoms with van der Waals surface area (Å²) in [6.07, 6.45) is 0. The third-order valence-electron chi connectivity index (χ3n) is 5.22. The van der Waals surface area contributed by atoms with Crippen LogP contribution in [0.2, 0.25) is 0 Å². The topological polar surface area (TPSA) is 61.2 Å². The lowest BCUT2D eigenvalue weighted by atomic mass is 10.0. The normalized spacial score (nSPS) is 12.5. The Bertz CT molecular complexity index is 1130. The lowest BCUT2D eigenvalue weighted by Crippen LogP contribution is -2.26. The standard InChI is InChI=1S/C22H26N2O3S2/c1-12-7-8-17(11-13(12)2)19(25)16(5)29-22-23-20-18(14(3)15(4)28-20)21(26)24(22)9-10-27-6/h7-8,11,16H,9-10H2,1-6H3/t16-/m0/s1. The number of carbonyl (C=O) groups is 1. The number of Topliss-reactive ketones (excluding diaryl/α,β-unsaturated/α-hetero) is 1. The Labute approximate surface area is 179 Å². The predicted molar refractivity (Wildman–Crippen MR) is 121 cm³/mol. The van der Waals surface area contributed by atoms with Gasteiger partial charge in [0.15, 0.2) is 10.9 Å². The van der Waals surface area contributed by atoms with Crippen molar-refractivity contribution in [1.29, 1.82) is 0 Å². The van der Waals surface area contributed by atoms with Crippen molar-refractivity contribution in [2.24, 2.45) is 0 Å². The van der Waals surface area contributed by atoms with Gasteiger partial charge in [0.2, 0.25) is 0 Å². The molecule has 2 heterocycles. The quantitative estimate of drug-likeness (QED) is 0.309. The molecule has 0 N–H and O–H groups in total. The number of hydrogen-bond donors (Lipinski definition) is 0. The molecule has 0 amide bonds. The van der Waals surface area contributed by atoms with Crippen LogP contribution in [-0.4, -0.2) is 34.3 Å². The van der Waals surface area contributed by atoms with Crippen LogP contribution in [0.3, 0.4) is 0 Å². The number of aryl methyl sites for hydroxylation is 4. The summed E-state index contributed by atoms with van der Waals surface area (Å²) < 4.78 is 6.83. The van der Waals surface area contributed by atoms with E-state index in [9.17, 15) is 9.59 Å². The van der Waals surface area contributed by atoms with Gasteiger partial charge in [0.05, 0.1) is 23.8 Å². The molecule has 3 rings (SSSR count). The number of ketones is 1. The average molecular weight is 431 g/mol. The van der Waals surface area contributed by atoms with Crippen molar-refractivity contribution in [1.82, 2.24) is 9.55 Å². The van der Waals surface area contributed by atoms with Gasteiger partial charge in [-0.15, -0.1) is 11.3 Å². The van der Waals surface area contributed by atoms with E-state index in [4.69, 9.17) is 9.72 Å². The lowest BCUT2D eigenvalue weighted by Gasteiger charge is -2.15. The molecular weight excluding hydrogens is 404 g/mol. The molecule has 0 saturated carbocycles. The number of thiophene rings is 1. The zero-order valence-electron chi connectivity index (χ0n) is 17.7. The molecule has 1 atom stereocenters. The SMILES string of the molecule is COCCn1c(S[C@@H](C)C(=O)c2ccc(C)c(C)c2)nc2sc(C)c(C)c2c1=O. The predicted octanol–water partition coefficient (Wildman–Crippen LogP) is 4.70. The molecule has 0 aliphatic rings. The summed E-state index contributed by atoms with van der Waals surface area (Å²) in [6, 6.07) is 5.76. The summed E-state index contributed by atoms with van der Waals surface area (Å²) in [4.78, 5) is 32.7. The van der Waals surface area contributed by atoms with Gasteiger partial charge in [0.25, 0.3) is 5.56 Å². The lowest BCUT2D eigenvalue weighted by molar-refractivity contribution is 0.0993. The minimum absolute atomic E-state index is 0.0317. The van der Waals surface area contributed by atoms with Crippen molar-refractivity contribution in [3.05, 3.63) is 55.7 Å². The highest BCUT2D eigenvalue weighted by molar-refractivity contribution is 8.00. The summed E-state index contributed by atoms with van der Waals surface area (Å²) in [5.41, 5.74) is 3.84. The maximum absolute atomic E-state index is 13.2. The van der Waals surface area contributed by atoms with Crippen LogP contribution in [0, 0.1) is 27.7 Å². The van der Waals surface area contributed by atoms with Crippen LogP contribution in [-0.2, 0) is 11.3 Å². The maximum Gasteiger partial charge on any atom is 0.263 e. The number of aromatic nitrogens is 2. The first-order chi connectivity index (χ1) is 13.7. The van der Waals surface area contributed by atoms with Crippen LogP contribution in [0.4, 0.5) is 0 Å². The first-order valence-corrected chi connectivity index (χ1v) is 11.2. The summed E-state index contributed by atoms with van der Waals surface area (Å²) >= 11 is 2.85. The van der Waals surface area contributed by atoms with Gasteiger partial charge in [0, 0.05) is 17.6 Å². The molecule has 0 bridgehead atoms. The number of methoxy groups -OCH3 is 1. The van der Waals surface area contributed by atoms with Crippen LogP contribution in [0.5, 0.6) is 0 Å². The van der Waals surface area contributed by atoms with Gasteiger partial charge in [-0.25, -0.2) is 4.98 Å². The van der Waals surface area contributed by atoms with Gasteiger partial charge in [0.1, 0.15) is 4.83 Å². The Morgan fingerprint density at radius 1 is 1.24 bits per heavy atom. The largest absolute Gasteiger partial charge is 0.383 e. The highest BCUT2D eigenvalue weighted by Crippen LogP contribution is 2.30. The van der Waals surface area contributed by atoms with E-state index < -0.39 is 0 Å². The third kappa shape index (κ3) is 4.32. The molecule has 0 aliphatic carbocycles. The number of carbonyl (C=O) groups excluding carboxylic acids is 1. The molecule has 7 heteroatoms. The fourth-order valence-electron chi connectivity index (χ4n) is 3.12. The van der Waals surface area contributed by atoms with Crippen LogP contribution in [0.25, 0.3) is 10.2 Å². The molecule has 0 spiro atoms. The highest BCUT2D eigenvalue weighted by Gasteiger charge is 2.22. The molecule has 2 aromatic heterocycles. The van der Waals surface area contributed by atoms with Gasteiger partial charge in [-0.3, -0.25) is 14.2 Å². The van der Waals surface area contributed by atoms with Crippen molar-refractivity contribution in [3.8, 4) is 0 Å². The number of fused-ring (bicyclic) bond motifs is 1. The molecule has 29 heavy (non-hydrogen) atoms. The Hall–Kier alpha value is -1.96. The number of hydrogen-bond acceptors (Lipinski definition) is 6. The van der Waals surface area contributed by atoms with E-state index in [-0.39, 0.29) is 16.6 Å². The highest BCUT2D eigenvalue weighted by atomic mass is 32.2. The molecular formula is C22H26N2O3S2. The van der Waals surface area contributed by atoms with Crippen molar-refractivity contribution in [3.63, 3.8) is 0 Å². The summed E-state index contributed by atoms with van der Waals surface area (Å²) in [5.74, 6) is 0.0317. The summed E-state index contributed by atoms with van der Waals surface area (Å²) in [6.45, 7) is 10.7. The van der Waals surface area contributed by atoms with Crippen LogP contribution >= 0.6 is 23.1 Å². The molecule has 3 aromatic rings. The fourth-order valence-corrected chi connectivity index (χ4v) is 5.20. The third-order valence-corrected chi connectivity index (χ3v) is 7.41. The Kier molecular flexibility index (Phi) is 6.61. The van der Waals surface area contributed by atoms with Crippen LogP contribution in [0.15, 0.2) is 28.2 Å². The first-order valence-electron chi connectivity index (χ1n) is 9.52. The van der Waals surface area contributed by atoms with Crippen LogP contribution < -0.4 is 5.56 Å². The van der Waals surface area contributed by atoms with Crippen molar-refractivity contribution in [2.75, 3.05) is 13.7 Å². The van der Waals surface area contributed by atoms with Crippen molar-refractivity contribution in [2.45, 2.75) is 51.6 Å². The molecule has 0 aliphatic heterocycles. The molecule has 0 fully saturated rings.